The van der Waals surface area contributed by atoms with E-state index in [4.69, 9.17) is 5.26 Å². The number of benzene rings is 1. The summed E-state index contributed by atoms with van der Waals surface area (Å²) in [7, 11) is 0. The summed E-state index contributed by atoms with van der Waals surface area (Å²) in [6.45, 7) is 0.801. The van der Waals surface area contributed by atoms with E-state index in [0.29, 0.717) is 0 Å². The van der Waals surface area contributed by atoms with E-state index in [1.54, 1.807) is 6.07 Å². The highest BCUT2D eigenvalue weighted by molar-refractivity contribution is 5.74. The number of rotatable bonds is 4. The first-order chi connectivity index (χ1) is 9.35. The second-order valence-corrected chi connectivity index (χ2v) is 3.87. The second kappa shape index (κ2) is 6.39. The lowest BCUT2D eigenvalue weighted by molar-refractivity contribution is -0.143. The maximum Gasteiger partial charge on any atom is 0.416 e. The molecule has 0 aromatic heterocycles. The number of aliphatic hydroxyl groups is 1. The Labute approximate surface area is 113 Å². The van der Waals surface area contributed by atoms with E-state index in [0.717, 1.165) is 12.1 Å². The van der Waals surface area contributed by atoms with Crippen molar-refractivity contribution in [3.8, 4) is 6.07 Å². The third kappa shape index (κ3) is 3.48. The van der Waals surface area contributed by atoms with Crippen molar-refractivity contribution in [3.63, 3.8) is 0 Å². The molecule has 4 nitrogen and oxygen atoms in total. The van der Waals surface area contributed by atoms with Gasteiger partial charge in [0.05, 0.1) is 36.8 Å². The van der Waals surface area contributed by atoms with Gasteiger partial charge in [0.25, 0.3) is 0 Å². The van der Waals surface area contributed by atoms with Crippen LogP contribution in [0.2, 0.25) is 0 Å². The Morgan fingerprint density at radius 2 is 2.05 bits per heavy atom. The number of ether oxygens (including phenoxy) is 1. The zero-order chi connectivity index (χ0) is 15.3. The number of hydrogen-bond acceptors (Lipinski definition) is 4. The van der Waals surface area contributed by atoms with Crippen LogP contribution in [0.5, 0.6) is 0 Å². The molecule has 0 radical (unpaired) electrons. The number of alkyl halides is 3. The summed E-state index contributed by atoms with van der Waals surface area (Å²) in [6, 6.07) is 3.40. The lowest BCUT2D eigenvalue weighted by Crippen LogP contribution is -2.17. The van der Waals surface area contributed by atoms with Gasteiger partial charge >= 0.3 is 12.1 Å². The fourth-order valence-corrected chi connectivity index (χ4v) is 1.80. The molecule has 20 heavy (non-hydrogen) atoms. The minimum absolute atomic E-state index is 0.0343. The van der Waals surface area contributed by atoms with Crippen LogP contribution < -0.4 is 0 Å². The van der Waals surface area contributed by atoms with Crippen molar-refractivity contribution in [1.82, 2.24) is 0 Å². The summed E-state index contributed by atoms with van der Waals surface area (Å²) >= 11 is 0. The fourth-order valence-electron chi connectivity index (χ4n) is 1.80. The van der Waals surface area contributed by atoms with Crippen molar-refractivity contribution in [2.45, 2.75) is 26.1 Å². The van der Waals surface area contributed by atoms with Gasteiger partial charge in [-0.3, -0.25) is 4.79 Å². The number of hydrogen-bond donors (Lipinski definition) is 1. The van der Waals surface area contributed by atoms with Crippen LogP contribution in [0.25, 0.3) is 0 Å². The van der Waals surface area contributed by atoms with Gasteiger partial charge in [-0.1, -0.05) is 0 Å². The zero-order valence-corrected chi connectivity index (χ0v) is 10.6. The predicted octanol–water partition coefficient (Wildman–Crippen LogP) is 2.17. The number of aliphatic hydroxyl groups excluding tert-OH is 1. The van der Waals surface area contributed by atoms with Crippen LogP contribution in [0, 0.1) is 11.3 Å². The van der Waals surface area contributed by atoms with E-state index in [1.165, 1.54) is 6.92 Å². The normalized spacial score (nSPS) is 11.0. The van der Waals surface area contributed by atoms with Gasteiger partial charge in [-0.2, -0.15) is 18.4 Å². The molecule has 0 spiro atoms. The molecule has 0 amide bonds. The molecule has 108 valence electrons. The molecule has 0 heterocycles. The third-order valence-electron chi connectivity index (χ3n) is 2.64. The number of nitrogens with zero attached hydrogens (tertiary/aromatic N) is 1. The maximum absolute atomic E-state index is 12.9. The lowest BCUT2D eigenvalue weighted by atomic mass is 9.94. The molecule has 0 bridgehead atoms. The van der Waals surface area contributed by atoms with Crippen molar-refractivity contribution in [2.24, 2.45) is 0 Å². The minimum Gasteiger partial charge on any atom is -0.466 e. The first-order valence-electron chi connectivity index (χ1n) is 5.73. The van der Waals surface area contributed by atoms with Crippen molar-refractivity contribution < 1.29 is 27.8 Å². The standard InChI is InChI=1S/C13H12F3NO3/c1-2-20-12(19)5-9-10(7-18)8(6-17)3-4-11(9)13(14,15)16/h3-4,18H,2,5,7H2,1H3. The van der Waals surface area contributed by atoms with Crippen LogP contribution in [-0.2, 0) is 28.7 Å². The number of halogens is 3. The molecule has 0 aliphatic carbocycles. The molecule has 0 unspecified atom stereocenters. The first kappa shape index (κ1) is 16.0. The van der Waals surface area contributed by atoms with Gasteiger partial charge in [-0.25, -0.2) is 0 Å². The first-order valence-corrected chi connectivity index (χ1v) is 5.73. The summed E-state index contributed by atoms with van der Waals surface area (Å²) in [5.41, 5.74) is -1.76. The molecular weight excluding hydrogens is 275 g/mol. The number of carbonyl (C=O) groups is 1. The van der Waals surface area contributed by atoms with Crippen molar-refractivity contribution in [3.05, 3.63) is 34.4 Å². The highest BCUT2D eigenvalue weighted by Crippen LogP contribution is 2.35. The van der Waals surface area contributed by atoms with Gasteiger partial charge in [0.15, 0.2) is 0 Å². The number of nitriles is 1. The average Bonchev–Trinajstić information content (AvgIpc) is 2.36. The molecule has 1 N–H and O–H groups in total. The number of carbonyl (C=O) groups excluding carboxylic acids is 1. The van der Waals surface area contributed by atoms with Crippen LogP contribution in [0.4, 0.5) is 13.2 Å². The maximum atomic E-state index is 12.9. The Hall–Kier alpha value is -2.07. The van der Waals surface area contributed by atoms with Gasteiger partial charge in [0, 0.05) is 0 Å². The molecule has 1 aromatic rings. The largest absolute Gasteiger partial charge is 0.466 e. The van der Waals surface area contributed by atoms with E-state index in [-0.39, 0.29) is 17.7 Å². The summed E-state index contributed by atoms with van der Waals surface area (Å²) in [6.07, 6.45) is -5.33. The van der Waals surface area contributed by atoms with Gasteiger partial charge in [0.2, 0.25) is 0 Å². The second-order valence-electron chi connectivity index (χ2n) is 3.87. The molecule has 0 aliphatic rings. The molecule has 7 heteroatoms. The van der Waals surface area contributed by atoms with E-state index >= 15 is 0 Å². The molecule has 0 aliphatic heterocycles. The zero-order valence-electron chi connectivity index (χ0n) is 10.6. The van der Waals surface area contributed by atoms with Crippen LogP contribution >= 0.6 is 0 Å². The Morgan fingerprint density at radius 1 is 1.40 bits per heavy atom. The van der Waals surface area contributed by atoms with Gasteiger partial charge in [-0.05, 0) is 30.2 Å². The van der Waals surface area contributed by atoms with Crippen LogP contribution in [-0.4, -0.2) is 17.7 Å². The Bertz CT molecular complexity index is 547. The molecule has 0 fully saturated rings. The van der Waals surface area contributed by atoms with E-state index in [9.17, 15) is 23.1 Å². The third-order valence-corrected chi connectivity index (χ3v) is 2.64. The SMILES string of the molecule is CCOC(=O)Cc1c(C(F)(F)F)ccc(C#N)c1CO. The van der Waals surface area contributed by atoms with Crippen molar-refractivity contribution in [2.75, 3.05) is 6.61 Å². The molecule has 1 aromatic carbocycles. The minimum atomic E-state index is -4.68. The highest BCUT2D eigenvalue weighted by Gasteiger charge is 2.35. The summed E-state index contributed by atoms with van der Waals surface area (Å²) < 4.78 is 43.4. The monoisotopic (exact) mass is 287 g/mol. The molecule has 0 saturated carbocycles. The quantitative estimate of drug-likeness (QED) is 0.862. The van der Waals surface area contributed by atoms with E-state index in [2.05, 4.69) is 4.74 Å². The Kier molecular flexibility index (Phi) is 5.11. The van der Waals surface area contributed by atoms with Gasteiger partial charge < -0.3 is 9.84 Å². The fraction of sp³-hybridized carbons (Fsp3) is 0.385. The summed E-state index contributed by atoms with van der Waals surface area (Å²) in [5.74, 6) is -0.845. The predicted molar refractivity (Wildman–Crippen MR) is 62.4 cm³/mol. The van der Waals surface area contributed by atoms with Crippen LogP contribution in [0.3, 0.4) is 0 Å². The lowest BCUT2D eigenvalue weighted by Gasteiger charge is -2.16. The van der Waals surface area contributed by atoms with Gasteiger partial charge in [0.1, 0.15) is 0 Å². The topological polar surface area (TPSA) is 70.3 Å². The summed E-state index contributed by atoms with van der Waals surface area (Å²) in [4.78, 5) is 11.4. The number of esters is 1. The van der Waals surface area contributed by atoms with E-state index < -0.39 is 36.3 Å². The average molecular weight is 287 g/mol. The van der Waals surface area contributed by atoms with Gasteiger partial charge in [-0.15, -0.1) is 0 Å². The summed E-state index contributed by atoms with van der Waals surface area (Å²) in [5, 5.41) is 18.0. The smallest absolute Gasteiger partial charge is 0.416 e. The van der Waals surface area contributed by atoms with Crippen molar-refractivity contribution in [1.29, 1.82) is 5.26 Å². The Morgan fingerprint density at radius 3 is 2.50 bits per heavy atom. The molecular formula is C13H12F3NO3. The van der Waals surface area contributed by atoms with Crippen LogP contribution in [0.1, 0.15) is 29.2 Å². The Balaban J connectivity index is 3.41. The highest BCUT2D eigenvalue weighted by atomic mass is 19.4. The molecule has 0 saturated heterocycles. The molecule has 0 atom stereocenters. The van der Waals surface area contributed by atoms with E-state index in [1.807, 2.05) is 0 Å². The molecule has 1 rings (SSSR count). The van der Waals surface area contributed by atoms with Crippen molar-refractivity contribution >= 4 is 5.97 Å². The van der Waals surface area contributed by atoms with Crippen LogP contribution in [0.15, 0.2) is 12.1 Å².